The normalized spacial score (nSPS) is 16.7. The van der Waals surface area contributed by atoms with E-state index in [2.05, 4.69) is 123 Å². The molecule has 0 saturated carbocycles. The van der Waals surface area contributed by atoms with Crippen LogP contribution in [0.15, 0.2) is 84.6 Å². The Balaban J connectivity index is 1.31. The number of allylic oxidation sites excluding steroid dienone is 6. The van der Waals surface area contributed by atoms with E-state index >= 15 is 0 Å². The average Bonchev–Trinajstić information content (AvgIpc) is 3.53. The van der Waals surface area contributed by atoms with Crippen LogP contribution in [0.2, 0.25) is 0 Å². The monoisotopic (exact) mass is 763 g/mol. The number of benzene rings is 2. The lowest BCUT2D eigenvalue weighted by Crippen LogP contribution is -2.29. The van der Waals surface area contributed by atoms with Gasteiger partial charge in [0.25, 0.3) is 0 Å². The molecule has 2 aliphatic heterocycles. The first kappa shape index (κ1) is 44.5. The van der Waals surface area contributed by atoms with Crippen LogP contribution in [0.5, 0.6) is 0 Å². The second-order valence-corrected chi connectivity index (χ2v) is 14.5. The Labute approximate surface area is 330 Å². The van der Waals surface area contributed by atoms with E-state index in [1.165, 1.54) is 33.9 Å². The fourth-order valence-electron chi connectivity index (χ4n) is 7.02. The molecule has 0 bridgehead atoms. The van der Waals surface area contributed by atoms with Crippen LogP contribution in [0.4, 0.5) is 11.4 Å². The average molecular weight is 764 g/mol. The highest BCUT2D eigenvalue weighted by atomic mass is 16.6. The lowest BCUT2D eigenvalue weighted by Gasteiger charge is -2.27. The summed E-state index contributed by atoms with van der Waals surface area (Å²) >= 11 is 0. The first-order chi connectivity index (χ1) is 26.8. The second kappa shape index (κ2) is 24.4. The molecule has 10 nitrogen and oxygen atoms in total. The van der Waals surface area contributed by atoms with Gasteiger partial charge in [-0.25, -0.2) is 0 Å². The van der Waals surface area contributed by atoms with Crippen molar-refractivity contribution in [2.45, 2.75) is 51.9 Å². The maximum atomic E-state index is 6.01. The van der Waals surface area contributed by atoms with Crippen molar-refractivity contribution >= 4 is 17.1 Å². The Morgan fingerprint density at radius 2 is 1.09 bits per heavy atom. The third-order valence-corrected chi connectivity index (χ3v) is 9.89. The highest BCUT2D eigenvalue weighted by Crippen LogP contribution is 2.47. The van der Waals surface area contributed by atoms with Gasteiger partial charge in [0.15, 0.2) is 12.3 Å². The molecule has 0 aromatic heterocycles. The molecule has 0 N–H and O–H groups in total. The minimum absolute atomic E-state index is 0.140. The van der Waals surface area contributed by atoms with Crippen molar-refractivity contribution < 1.29 is 42.5 Å². The predicted molar refractivity (Wildman–Crippen MR) is 220 cm³/mol. The maximum Gasteiger partial charge on any atom is 0.209 e. The molecule has 2 aromatic carbocycles. The quantitative estimate of drug-likeness (QED) is 0.0493. The van der Waals surface area contributed by atoms with Gasteiger partial charge in [0.2, 0.25) is 5.69 Å². The van der Waals surface area contributed by atoms with E-state index < -0.39 is 0 Å². The van der Waals surface area contributed by atoms with Crippen molar-refractivity contribution in [1.82, 2.24) is 0 Å². The van der Waals surface area contributed by atoms with Crippen molar-refractivity contribution in [2.24, 2.45) is 0 Å². The molecule has 0 saturated heterocycles. The Bertz CT molecular complexity index is 1530. The summed E-state index contributed by atoms with van der Waals surface area (Å²) in [6.07, 6.45) is 12.0. The van der Waals surface area contributed by atoms with Crippen molar-refractivity contribution in [2.75, 3.05) is 124 Å². The summed E-state index contributed by atoms with van der Waals surface area (Å²) < 4.78 is 47.2. The summed E-state index contributed by atoms with van der Waals surface area (Å²) in [5.74, 6) is 0. The van der Waals surface area contributed by atoms with Gasteiger partial charge in [-0.1, -0.05) is 75.4 Å². The number of rotatable bonds is 29. The van der Waals surface area contributed by atoms with Crippen LogP contribution in [0.25, 0.3) is 0 Å². The molecule has 2 heterocycles. The molecular formula is C45H67N2O8+. The Morgan fingerprint density at radius 3 is 1.71 bits per heavy atom. The molecular weight excluding hydrogens is 697 g/mol. The number of ether oxygens (including phenoxy) is 8. The molecule has 0 spiro atoms. The zero-order valence-electron chi connectivity index (χ0n) is 34.4. The molecule has 304 valence electrons. The van der Waals surface area contributed by atoms with Crippen LogP contribution in [0.3, 0.4) is 0 Å². The molecule has 0 atom stereocenters. The summed E-state index contributed by atoms with van der Waals surface area (Å²) in [4.78, 5) is 2.40. The van der Waals surface area contributed by atoms with E-state index in [4.69, 9.17) is 37.9 Å². The summed E-state index contributed by atoms with van der Waals surface area (Å²) in [6.45, 7) is 21.6. The molecule has 4 rings (SSSR count). The first-order valence-electron chi connectivity index (χ1n) is 20.0. The lowest BCUT2D eigenvalue weighted by atomic mass is 9.81. The fourth-order valence-corrected chi connectivity index (χ4v) is 7.02. The summed E-state index contributed by atoms with van der Waals surface area (Å²) in [6, 6.07) is 17.4. The zero-order valence-corrected chi connectivity index (χ0v) is 34.4. The summed E-state index contributed by atoms with van der Waals surface area (Å²) in [5, 5.41) is 0. The van der Waals surface area contributed by atoms with Gasteiger partial charge in [0.1, 0.15) is 6.61 Å². The van der Waals surface area contributed by atoms with Gasteiger partial charge in [-0.2, -0.15) is 4.58 Å². The molecule has 0 unspecified atom stereocenters. The Morgan fingerprint density at radius 1 is 0.564 bits per heavy atom. The van der Waals surface area contributed by atoms with E-state index in [0.717, 1.165) is 26.1 Å². The van der Waals surface area contributed by atoms with Crippen molar-refractivity contribution in [3.8, 4) is 0 Å². The molecule has 55 heavy (non-hydrogen) atoms. The van der Waals surface area contributed by atoms with Crippen LogP contribution >= 0.6 is 0 Å². The van der Waals surface area contributed by atoms with Gasteiger partial charge in [0.05, 0.1) is 91.3 Å². The zero-order chi connectivity index (χ0) is 39.2. The second-order valence-electron chi connectivity index (χ2n) is 14.5. The molecule has 0 aliphatic carbocycles. The van der Waals surface area contributed by atoms with Gasteiger partial charge < -0.3 is 42.8 Å². The number of methoxy groups -OCH3 is 1. The maximum absolute atomic E-state index is 6.01. The number of hydrogen-bond donors (Lipinski definition) is 0. The molecule has 2 aliphatic rings. The predicted octanol–water partition coefficient (Wildman–Crippen LogP) is 7.03. The van der Waals surface area contributed by atoms with E-state index in [-0.39, 0.29) is 10.8 Å². The molecule has 2 aromatic rings. The number of nitrogens with zero attached hydrogens (tertiary/aromatic N) is 2. The van der Waals surface area contributed by atoms with Gasteiger partial charge in [-0.3, -0.25) is 0 Å². The van der Waals surface area contributed by atoms with Gasteiger partial charge in [0, 0.05) is 54.8 Å². The smallest absolute Gasteiger partial charge is 0.209 e. The van der Waals surface area contributed by atoms with Crippen LogP contribution < -0.4 is 4.90 Å². The van der Waals surface area contributed by atoms with Crippen molar-refractivity contribution in [1.29, 1.82) is 0 Å². The topological polar surface area (TPSA) is 80.1 Å². The van der Waals surface area contributed by atoms with E-state index in [9.17, 15) is 0 Å². The largest absolute Gasteiger partial charge is 0.382 e. The highest BCUT2D eigenvalue weighted by Gasteiger charge is 2.44. The van der Waals surface area contributed by atoms with Crippen LogP contribution in [-0.2, 0) is 48.7 Å². The number of fused-ring (bicyclic) bond motifs is 2. The molecule has 0 amide bonds. The lowest BCUT2D eigenvalue weighted by molar-refractivity contribution is -0.442. The highest BCUT2D eigenvalue weighted by molar-refractivity contribution is 6.03. The third kappa shape index (κ3) is 13.5. The third-order valence-electron chi connectivity index (χ3n) is 9.89. The van der Waals surface area contributed by atoms with Crippen LogP contribution in [-0.4, -0.2) is 130 Å². The summed E-state index contributed by atoms with van der Waals surface area (Å²) in [7, 11) is 1.67. The van der Waals surface area contributed by atoms with Crippen LogP contribution in [0.1, 0.15) is 52.2 Å². The minimum atomic E-state index is -0.140. The Kier molecular flexibility index (Phi) is 19.8. The van der Waals surface area contributed by atoms with Crippen molar-refractivity contribution in [3.63, 3.8) is 0 Å². The molecule has 10 heteroatoms. The number of hydrogen-bond acceptors (Lipinski definition) is 9. The van der Waals surface area contributed by atoms with Gasteiger partial charge >= 0.3 is 0 Å². The first-order valence-corrected chi connectivity index (χ1v) is 20.0. The van der Waals surface area contributed by atoms with Crippen LogP contribution in [0, 0.1) is 0 Å². The SMILES string of the molecule is CCCOCCOCCOCCOCCN1/C(=C/C=C\C=C/C2=[N+](CCOCCOCCOCCOC)c3ccccc3C2(C)C)C(C)(C)c2ccccc21. The Hall–Kier alpha value is -3.19. The van der Waals surface area contributed by atoms with E-state index in [0.29, 0.717) is 92.5 Å². The number of para-hydroxylation sites is 2. The summed E-state index contributed by atoms with van der Waals surface area (Å²) in [5.41, 5.74) is 7.34. The van der Waals surface area contributed by atoms with Crippen molar-refractivity contribution in [3.05, 3.63) is 95.7 Å². The fraction of sp³-hybridized carbons (Fsp3) is 0.578. The van der Waals surface area contributed by atoms with E-state index in [1.807, 2.05) is 0 Å². The molecule has 0 radical (unpaired) electrons. The standard InChI is InChI=1S/C45H67N2O8/c1-7-23-49-28-31-53-36-37-55-33-30-51-25-22-47-41-18-14-12-16-39(41)45(4,5)43(47)20-10-8-9-19-42-44(2,3)38-15-11-13-17-40(38)46(42)21-24-50-29-32-54-35-34-52-27-26-48-6/h8-20H,7,21-37H2,1-6H3/q+1. The minimum Gasteiger partial charge on any atom is -0.382 e. The van der Waals surface area contributed by atoms with E-state index in [1.54, 1.807) is 7.11 Å². The number of anilines is 1. The van der Waals surface area contributed by atoms with Gasteiger partial charge in [-0.15, -0.1) is 0 Å². The molecule has 0 fully saturated rings. The van der Waals surface area contributed by atoms with Gasteiger partial charge in [-0.05, 0) is 38.0 Å².